The van der Waals surface area contributed by atoms with E-state index >= 15 is 0 Å². The molecule has 6 nitrogen and oxygen atoms in total. The van der Waals surface area contributed by atoms with E-state index in [2.05, 4.69) is 32.9 Å². The number of pyridine rings is 1. The molecule has 0 amide bonds. The quantitative estimate of drug-likeness (QED) is 0.545. The van der Waals surface area contributed by atoms with Crippen molar-refractivity contribution in [2.45, 2.75) is 6.92 Å². The van der Waals surface area contributed by atoms with Gasteiger partial charge in [-0.25, -0.2) is 4.79 Å². The first-order valence-corrected chi connectivity index (χ1v) is 9.55. The predicted octanol–water partition coefficient (Wildman–Crippen LogP) is 3.40. The molecule has 0 bridgehead atoms. The summed E-state index contributed by atoms with van der Waals surface area (Å²) in [5.74, 6) is 0. The number of likely N-dealkylation sites (N-methyl/N-ethyl adjacent to an activating group) is 1. The highest BCUT2D eigenvalue weighted by atomic mass is 16.4. The summed E-state index contributed by atoms with van der Waals surface area (Å²) >= 11 is 0. The fraction of sp³-hybridized carbons (Fsp3) is 0.273. The summed E-state index contributed by atoms with van der Waals surface area (Å²) in [6, 6.07) is 13.8. The van der Waals surface area contributed by atoms with Gasteiger partial charge < -0.3 is 19.2 Å². The molecule has 0 unspecified atom stereocenters. The van der Waals surface area contributed by atoms with E-state index < -0.39 is 0 Å². The number of rotatable bonds is 2. The first-order valence-electron chi connectivity index (χ1n) is 9.55. The highest BCUT2D eigenvalue weighted by molar-refractivity contribution is 5.87. The lowest BCUT2D eigenvalue weighted by Gasteiger charge is -2.34. The second-order valence-electron chi connectivity index (χ2n) is 7.53. The van der Waals surface area contributed by atoms with Crippen LogP contribution in [0.1, 0.15) is 5.69 Å². The maximum atomic E-state index is 12.7. The number of hydrogen-bond donors (Lipinski definition) is 1. The van der Waals surface area contributed by atoms with E-state index in [1.165, 1.54) is 0 Å². The fourth-order valence-corrected chi connectivity index (χ4v) is 3.80. The number of aryl methyl sites for hydroxylation is 1. The molecule has 1 saturated heterocycles. The van der Waals surface area contributed by atoms with Gasteiger partial charge in [0.25, 0.3) is 0 Å². The van der Waals surface area contributed by atoms with E-state index in [-0.39, 0.29) is 5.63 Å². The lowest BCUT2D eigenvalue weighted by molar-refractivity contribution is 0.313. The minimum atomic E-state index is -0.341. The average molecular weight is 374 g/mol. The zero-order chi connectivity index (χ0) is 19.3. The minimum absolute atomic E-state index is 0.341. The Morgan fingerprint density at radius 3 is 2.68 bits per heavy atom. The van der Waals surface area contributed by atoms with Gasteiger partial charge in [-0.2, -0.15) is 0 Å². The molecule has 0 saturated carbocycles. The largest absolute Gasteiger partial charge is 0.422 e. The zero-order valence-electron chi connectivity index (χ0n) is 16.0. The molecule has 4 aromatic rings. The Morgan fingerprint density at radius 1 is 1.04 bits per heavy atom. The van der Waals surface area contributed by atoms with E-state index in [1.54, 1.807) is 0 Å². The summed E-state index contributed by atoms with van der Waals surface area (Å²) in [6.45, 7) is 5.98. The normalized spacial score (nSPS) is 15.6. The maximum absolute atomic E-state index is 12.7. The first kappa shape index (κ1) is 17.0. The average Bonchev–Trinajstić information content (AvgIpc) is 3.10. The lowest BCUT2D eigenvalue weighted by atomic mass is 10.1. The summed E-state index contributed by atoms with van der Waals surface area (Å²) in [7, 11) is 2.14. The molecule has 5 rings (SSSR count). The third-order valence-corrected chi connectivity index (χ3v) is 5.49. The van der Waals surface area contributed by atoms with Gasteiger partial charge in [0.15, 0.2) is 0 Å². The topological polar surface area (TPSA) is 65.4 Å². The molecule has 142 valence electrons. The molecule has 0 radical (unpaired) electrons. The van der Waals surface area contributed by atoms with Crippen LogP contribution in [0.4, 0.5) is 5.69 Å². The number of nitrogens with zero attached hydrogens (tertiary/aromatic N) is 3. The van der Waals surface area contributed by atoms with Crippen molar-refractivity contribution in [1.29, 1.82) is 0 Å². The number of fused-ring (bicyclic) bond motifs is 2. The Hall–Kier alpha value is -3.12. The molecule has 0 atom stereocenters. The molecular weight excluding hydrogens is 352 g/mol. The van der Waals surface area contributed by atoms with E-state index in [4.69, 9.17) is 4.42 Å². The Morgan fingerprint density at radius 2 is 1.86 bits per heavy atom. The summed E-state index contributed by atoms with van der Waals surface area (Å²) in [5.41, 5.74) is 5.33. The number of aromatic amines is 1. The molecule has 0 aliphatic carbocycles. The van der Waals surface area contributed by atoms with Crippen LogP contribution in [0.3, 0.4) is 0 Å². The molecule has 3 aromatic heterocycles. The Bertz CT molecular complexity index is 1230. The minimum Gasteiger partial charge on any atom is -0.422 e. The van der Waals surface area contributed by atoms with Gasteiger partial charge in [0.05, 0.1) is 22.3 Å². The van der Waals surface area contributed by atoms with Gasteiger partial charge in [-0.15, -0.1) is 0 Å². The Labute approximate surface area is 162 Å². The smallest absolute Gasteiger partial charge is 0.345 e. The molecule has 0 spiro atoms. The molecule has 1 N–H and O–H groups in total. The van der Waals surface area contributed by atoms with E-state index in [0.29, 0.717) is 11.1 Å². The van der Waals surface area contributed by atoms with Crippen LogP contribution < -0.4 is 10.5 Å². The maximum Gasteiger partial charge on any atom is 0.345 e. The van der Waals surface area contributed by atoms with Crippen LogP contribution in [0.2, 0.25) is 0 Å². The number of nitrogens with one attached hydrogen (secondary N) is 1. The number of piperazine rings is 1. The number of aromatic nitrogens is 2. The van der Waals surface area contributed by atoms with Crippen molar-refractivity contribution < 1.29 is 4.42 Å². The van der Waals surface area contributed by atoms with Crippen molar-refractivity contribution >= 4 is 27.7 Å². The van der Waals surface area contributed by atoms with E-state index in [9.17, 15) is 4.79 Å². The predicted molar refractivity (Wildman–Crippen MR) is 112 cm³/mol. The number of H-pyrrole nitrogens is 1. The molecule has 1 aromatic carbocycles. The van der Waals surface area contributed by atoms with E-state index in [0.717, 1.165) is 59.7 Å². The van der Waals surface area contributed by atoms with Crippen molar-refractivity contribution in [2.75, 3.05) is 38.1 Å². The Balaban J connectivity index is 1.55. The van der Waals surface area contributed by atoms with Crippen LogP contribution in [-0.2, 0) is 0 Å². The Kier molecular flexibility index (Phi) is 3.94. The van der Waals surface area contributed by atoms with Crippen LogP contribution in [-0.4, -0.2) is 48.1 Å². The third-order valence-electron chi connectivity index (χ3n) is 5.49. The summed E-state index contributed by atoms with van der Waals surface area (Å²) in [4.78, 5) is 25.1. The molecule has 4 heterocycles. The van der Waals surface area contributed by atoms with Gasteiger partial charge >= 0.3 is 5.63 Å². The monoisotopic (exact) mass is 374 g/mol. The number of hydrogen-bond acceptors (Lipinski definition) is 5. The van der Waals surface area contributed by atoms with Crippen LogP contribution in [0.5, 0.6) is 0 Å². The van der Waals surface area contributed by atoms with Crippen LogP contribution in [0, 0.1) is 6.92 Å². The summed E-state index contributed by atoms with van der Waals surface area (Å²) in [6.07, 6.45) is 0. The molecule has 1 aliphatic rings. The van der Waals surface area contributed by atoms with Crippen molar-refractivity contribution in [3.63, 3.8) is 0 Å². The van der Waals surface area contributed by atoms with E-state index in [1.807, 2.05) is 43.3 Å². The number of benzene rings is 1. The van der Waals surface area contributed by atoms with Crippen LogP contribution in [0.25, 0.3) is 33.3 Å². The SMILES string of the molecule is Cc1ccc2[nH]c(-c3cc4ccc(N5CCN(C)CC5)cc4oc3=O)cc2n1. The second kappa shape index (κ2) is 6.49. The van der Waals surface area contributed by atoms with Gasteiger partial charge in [0.1, 0.15) is 5.58 Å². The van der Waals surface area contributed by atoms with Crippen molar-refractivity contribution in [2.24, 2.45) is 0 Å². The van der Waals surface area contributed by atoms with Crippen LogP contribution >= 0.6 is 0 Å². The second-order valence-corrected chi connectivity index (χ2v) is 7.53. The zero-order valence-corrected chi connectivity index (χ0v) is 16.0. The molecule has 6 heteroatoms. The van der Waals surface area contributed by atoms with Gasteiger partial charge in [-0.05, 0) is 50.4 Å². The van der Waals surface area contributed by atoms with Gasteiger partial charge in [-0.1, -0.05) is 0 Å². The summed E-state index contributed by atoms with van der Waals surface area (Å²) in [5, 5.41) is 0.912. The molecule has 1 fully saturated rings. The number of anilines is 1. The van der Waals surface area contributed by atoms with Gasteiger partial charge in [0.2, 0.25) is 0 Å². The molecular formula is C22H22N4O2. The summed E-state index contributed by atoms with van der Waals surface area (Å²) < 4.78 is 5.69. The molecule has 28 heavy (non-hydrogen) atoms. The highest BCUT2D eigenvalue weighted by Gasteiger charge is 2.16. The first-order chi connectivity index (χ1) is 13.6. The van der Waals surface area contributed by atoms with Gasteiger partial charge in [-0.3, -0.25) is 4.98 Å². The fourth-order valence-electron chi connectivity index (χ4n) is 3.80. The van der Waals surface area contributed by atoms with Crippen molar-refractivity contribution in [3.05, 3.63) is 58.6 Å². The van der Waals surface area contributed by atoms with Gasteiger partial charge in [0, 0.05) is 49.0 Å². The van der Waals surface area contributed by atoms with Crippen LogP contribution in [0.15, 0.2) is 51.7 Å². The molecule has 1 aliphatic heterocycles. The van der Waals surface area contributed by atoms with Crippen molar-refractivity contribution in [3.8, 4) is 11.3 Å². The lowest BCUT2D eigenvalue weighted by Crippen LogP contribution is -2.44. The highest BCUT2D eigenvalue weighted by Crippen LogP contribution is 2.27. The third kappa shape index (κ3) is 2.96. The van der Waals surface area contributed by atoms with Crippen molar-refractivity contribution in [1.82, 2.24) is 14.9 Å². The standard InChI is InChI=1S/C22H22N4O2/c1-14-3-6-18-20(23-14)13-19(24-18)17-11-15-4-5-16(12-21(15)28-22(17)27)26-9-7-25(2)8-10-26/h3-6,11-13,24H,7-10H2,1-2H3.